The van der Waals surface area contributed by atoms with Crippen LogP contribution in [0, 0.1) is 0 Å². The molecular weight excluding hydrogens is 259 g/mol. The molecule has 1 N–H and O–H groups in total. The van der Waals surface area contributed by atoms with E-state index in [2.05, 4.69) is 15.6 Å². The van der Waals surface area contributed by atoms with Gasteiger partial charge in [-0.1, -0.05) is 24.8 Å². The lowest BCUT2D eigenvalue weighted by molar-refractivity contribution is -0.135. The molecular formula is C11H11O6P. The molecule has 0 heterocycles. The van der Waals surface area contributed by atoms with E-state index < -0.39 is 26.0 Å². The summed E-state index contributed by atoms with van der Waals surface area (Å²) in [6.45, 7) is 2.26. The average molecular weight is 270 g/mol. The summed E-state index contributed by atoms with van der Waals surface area (Å²) in [4.78, 5) is 31.2. The van der Waals surface area contributed by atoms with Crippen molar-refractivity contribution >= 4 is 19.4 Å². The van der Waals surface area contributed by atoms with Crippen LogP contribution in [0.15, 0.2) is 43.0 Å². The second-order valence-corrected chi connectivity index (χ2v) is 4.52. The van der Waals surface area contributed by atoms with Crippen molar-refractivity contribution < 1.29 is 28.1 Å². The van der Waals surface area contributed by atoms with Gasteiger partial charge < -0.3 is 4.52 Å². The van der Waals surface area contributed by atoms with Crippen LogP contribution >= 0.6 is 7.82 Å². The number of para-hydroxylation sites is 1. The Morgan fingerprint density at radius 2 is 1.94 bits per heavy atom. The van der Waals surface area contributed by atoms with E-state index in [1.54, 1.807) is 18.2 Å². The van der Waals surface area contributed by atoms with Gasteiger partial charge in [0.15, 0.2) is 0 Å². The number of phosphoric ester groups is 1. The Hall–Kier alpha value is -1.75. The monoisotopic (exact) mass is 270 g/mol. The molecule has 0 aromatic heterocycles. The number of phosphoric acid groups is 1. The normalized spacial score (nSPS) is 13.4. The maximum absolute atomic E-state index is 11.4. The predicted molar refractivity (Wildman–Crippen MR) is 63.1 cm³/mol. The Kier molecular flexibility index (Phi) is 4.97. The van der Waals surface area contributed by atoms with E-state index in [1.165, 1.54) is 12.1 Å². The van der Waals surface area contributed by atoms with Crippen LogP contribution in [0.1, 0.15) is 0 Å². The molecule has 0 aliphatic rings. The number of carbonyl (C=O) groups excluding carboxylic acids is 2. The van der Waals surface area contributed by atoms with Gasteiger partial charge in [-0.2, -0.15) is 0 Å². The number of benzene rings is 1. The van der Waals surface area contributed by atoms with E-state index in [0.29, 0.717) is 0 Å². The highest BCUT2D eigenvalue weighted by molar-refractivity contribution is 7.47. The lowest BCUT2D eigenvalue weighted by atomic mass is 10.3. The second-order valence-electron chi connectivity index (χ2n) is 3.14. The highest BCUT2D eigenvalue weighted by Gasteiger charge is 2.25. The van der Waals surface area contributed by atoms with E-state index in [1.807, 2.05) is 0 Å². The van der Waals surface area contributed by atoms with Crippen LogP contribution in [0.5, 0.6) is 5.75 Å². The minimum absolute atomic E-state index is 0.117. The summed E-state index contributed by atoms with van der Waals surface area (Å²) in [6, 6.07) is 7.79. The molecule has 0 fully saturated rings. The quantitative estimate of drug-likeness (QED) is 0.459. The predicted octanol–water partition coefficient (Wildman–Crippen LogP) is 1.51. The molecule has 1 aromatic rings. The van der Waals surface area contributed by atoms with Crippen LogP contribution in [0.4, 0.5) is 0 Å². The first-order valence-corrected chi connectivity index (χ1v) is 6.36. The lowest BCUT2D eigenvalue weighted by Crippen LogP contribution is -2.17. The lowest BCUT2D eigenvalue weighted by Gasteiger charge is -2.11. The van der Waals surface area contributed by atoms with Gasteiger partial charge in [0.05, 0.1) is 0 Å². The summed E-state index contributed by atoms with van der Waals surface area (Å²) < 4.78 is 20.5. The van der Waals surface area contributed by atoms with Crippen molar-refractivity contribution in [1.29, 1.82) is 0 Å². The summed E-state index contributed by atoms with van der Waals surface area (Å²) in [6.07, 6.45) is 0.798. The van der Waals surface area contributed by atoms with Gasteiger partial charge in [0.1, 0.15) is 12.4 Å². The van der Waals surface area contributed by atoms with Gasteiger partial charge in [-0.3, -0.25) is 19.0 Å². The first-order chi connectivity index (χ1) is 8.44. The number of carbonyl (C=O) groups is 2. The number of rotatable bonds is 7. The molecule has 1 rings (SSSR count). The van der Waals surface area contributed by atoms with Crippen molar-refractivity contribution in [3.8, 4) is 5.75 Å². The zero-order valence-electron chi connectivity index (χ0n) is 9.31. The fraction of sp³-hybridized carbons (Fsp3) is 0.0909. The summed E-state index contributed by atoms with van der Waals surface area (Å²) in [7, 11) is -4.43. The largest absolute Gasteiger partial charge is 0.527 e. The minimum atomic E-state index is -4.43. The van der Waals surface area contributed by atoms with Crippen molar-refractivity contribution in [1.82, 2.24) is 0 Å². The van der Waals surface area contributed by atoms with Gasteiger partial charge in [0.25, 0.3) is 0 Å². The minimum Gasteiger partial charge on any atom is -0.404 e. The first kappa shape index (κ1) is 14.3. The highest BCUT2D eigenvalue weighted by Crippen LogP contribution is 2.43. The summed E-state index contributed by atoms with van der Waals surface area (Å²) in [5.41, 5.74) is 0. The molecule has 0 radical (unpaired) electrons. The molecule has 6 nitrogen and oxygen atoms in total. The molecule has 0 saturated heterocycles. The molecule has 96 valence electrons. The molecule has 0 amide bonds. The first-order valence-electron chi connectivity index (χ1n) is 4.86. The van der Waals surface area contributed by atoms with E-state index in [4.69, 9.17) is 0 Å². The third kappa shape index (κ3) is 4.63. The molecule has 7 heteroatoms. The van der Waals surface area contributed by atoms with E-state index in [-0.39, 0.29) is 5.75 Å². The maximum Gasteiger partial charge on any atom is 0.527 e. The van der Waals surface area contributed by atoms with Crippen molar-refractivity contribution in [2.45, 2.75) is 0 Å². The van der Waals surface area contributed by atoms with Gasteiger partial charge >= 0.3 is 7.82 Å². The number of hydrogen-bond acceptors (Lipinski definition) is 5. The molecule has 1 atom stereocenters. The molecule has 0 bridgehead atoms. The Morgan fingerprint density at radius 1 is 1.33 bits per heavy atom. The molecule has 0 spiro atoms. The maximum atomic E-state index is 11.4. The number of ketones is 2. The Labute approximate surface area is 103 Å². The molecule has 1 unspecified atom stereocenters. The van der Waals surface area contributed by atoms with E-state index in [9.17, 15) is 19.0 Å². The van der Waals surface area contributed by atoms with Gasteiger partial charge in [0, 0.05) is 0 Å². The fourth-order valence-electron chi connectivity index (χ4n) is 0.966. The van der Waals surface area contributed by atoms with Crippen LogP contribution in [0.3, 0.4) is 0 Å². The third-order valence-corrected chi connectivity index (χ3v) is 2.68. The van der Waals surface area contributed by atoms with Crippen molar-refractivity contribution in [2.75, 3.05) is 6.61 Å². The van der Waals surface area contributed by atoms with Crippen molar-refractivity contribution in [2.24, 2.45) is 0 Å². The zero-order valence-corrected chi connectivity index (χ0v) is 10.2. The second kappa shape index (κ2) is 6.26. The number of allylic oxidation sites excluding steroid dienone is 1. The van der Waals surface area contributed by atoms with Gasteiger partial charge in [-0.05, 0) is 18.2 Å². The Balaban J connectivity index is 2.55. The standard InChI is InChI=1S/C11H11O6P/c1-2-10(12)11(13)8-16-18(14,15)17-9-6-4-3-5-7-9/h2-7H,1,8H2,(H,14,15). The van der Waals surface area contributed by atoms with Gasteiger partial charge in [-0.15, -0.1) is 0 Å². The smallest absolute Gasteiger partial charge is 0.404 e. The molecule has 0 aliphatic carbocycles. The van der Waals surface area contributed by atoms with Crippen molar-refractivity contribution in [3.63, 3.8) is 0 Å². The molecule has 18 heavy (non-hydrogen) atoms. The zero-order chi connectivity index (χ0) is 13.6. The summed E-state index contributed by atoms with van der Waals surface area (Å²) in [5.74, 6) is -1.75. The SMILES string of the molecule is C=CC(=O)C(=O)COP(=O)(O)Oc1ccccc1. The van der Waals surface area contributed by atoms with Crippen LogP contribution in [-0.4, -0.2) is 23.1 Å². The summed E-state index contributed by atoms with van der Waals surface area (Å²) in [5, 5.41) is 0. The fourth-order valence-corrected chi connectivity index (χ4v) is 1.69. The topological polar surface area (TPSA) is 89.9 Å². The Morgan fingerprint density at radius 3 is 2.50 bits per heavy atom. The van der Waals surface area contributed by atoms with E-state index in [0.717, 1.165) is 6.08 Å². The summed E-state index contributed by atoms with van der Waals surface area (Å²) >= 11 is 0. The average Bonchev–Trinajstić information content (AvgIpc) is 2.35. The highest BCUT2D eigenvalue weighted by atomic mass is 31.2. The van der Waals surface area contributed by atoms with Crippen LogP contribution in [0.25, 0.3) is 0 Å². The molecule has 0 saturated carbocycles. The van der Waals surface area contributed by atoms with Gasteiger partial charge in [0.2, 0.25) is 11.6 Å². The Bertz CT molecular complexity index is 496. The van der Waals surface area contributed by atoms with E-state index >= 15 is 0 Å². The number of hydrogen-bond donors (Lipinski definition) is 1. The molecule has 0 aliphatic heterocycles. The van der Waals surface area contributed by atoms with Gasteiger partial charge in [-0.25, -0.2) is 4.57 Å². The number of Topliss-reactive ketones (excluding diaryl/α,β-unsaturated/α-hetero) is 1. The van der Waals surface area contributed by atoms with Crippen molar-refractivity contribution in [3.05, 3.63) is 43.0 Å². The van der Waals surface area contributed by atoms with Crippen LogP contribution in [-0.2, 0) is 18.7 Å². The molecule has 1 aromatic carbocycles. The van der Waals surface area contributed by atoms with Crippen LogP contribution in [0.2, 0.25) is 0 Å². The van der Waals surface area contributed by atoms with Crippen LogP contribution < -0.4 is 4.52 Å². The third-order valence-electron chi connectivity index (χ3n) is 1.78.